The fourth-order valence-corrected chi connectivity index (χ4v) is 7.43. The standard InChI is InChI=1S/C40H23NO/c1-2-11-25-24(10-1)29-15-9-16-30-26(20-21-31(25)38(29)30)27-12-3-6-17-34(27)41-35-18-7-4-14-33(35)39-36(41)23-22-32-28-13-5-8-19-37(28)42-40(32)39/h1-23H. The molecular weight excluding hydrogens is 510 g/mol. The lowest BCUT2D eigenvalue weighted by atomic mass is 9.93. The van der Waals surface area contributed by atoms with Crippen molar-refractivity contribution in [2.45, 2.75) is 0 Å². The molecule has 2 nitrogen and oxygen atoms in total. The molecule has 7 aromatic carbocycles. The maximum Gasteiger partial charge on any atom is 0.145 e. The maximum atomic E-state index is 6.55. The molecule has 0 aliphatic heterocycles. The first-order chi connectivity index (χ1) is 20.9. The van der Waals surface area contributed by atoms with Gasteiger partial charge in [0, 0.05) is 21.7 Å². The average Bonchev–Trinajstić information content (AvgIpc) is 3.70. The van der Waals surface area contributed by atoms with E-state index >= 15 is 0 Å². The SMILES string of the molecule is c1ccc2c(c1)-c1cccc3c(-c4ccccc4-n4c5ccccc5c5c6oc7ccccc7c6ccc54)ccc-2c13. The number of nitrogens with zero attached hydrogens (tertiary/aromatic N) is 1. The van der Waals surface area contributed by atoms with Crippen LogP contribution < -0.4 is 0 Å². The van der Waals surface area contributed by atoms with Crippen LogP contribution in [0.3, 0.4) is 0 Å². The molecule has 42 heavy (non-hydrogen) atoms. The van der Waals surface area contributed by atoms with Gasteiger partial charge in [0.1, 0.15) is 11.2 Å². The largest absolute Gasteiger partial charge is 0.455 e. The zero-order chi connectivity index (χ0) is 27.4. The molecule has 0 amide bonds. The molecule has 1 aliphatic rings. The number of para-hydroxylation sites is 3. The fourth-order valence-electron chi connectivity index (χ4n) is 7.43. The van der Waals surface area contributed by atoms with E-state index in [9.17, 15) is 0 Å². The number of hydrogen-bond acceptors (Lipinski definition) is 1. The molecule has 0 radical (unpaired) electrons. The van der Waals surface area contributed by atoms with E-state index in [1.54, 1.807) is 0 Å². The summed E-state index contributed by atoms with van der Waals surface area (Å²) < 4.78 is 8.97. The predicted molar refractivity (Wildman–Crippen MR) is 175 cm³/mol. The molecule has 0 unspecified atom stereocenters. The highest BCUT2D eigenvalue weighted by Gasteiger charge is 2.24. The van der Waals surface area contributed by atoms with Crippen LogP contribution in [0.5, 0.6) is 0 Å². The van der Waals surface area contributed by atoms with Gasteiger partial charge in [-0.2, -0.15) is 0 Å². The molecule has 10 rings (SSSR count). The van der Waals surface area contributed by atoms with E-state index in [2.05, 4.69) is 138 Å². The summed E-state index contributed by atoms with van der Waals surface area (Å²) in [5.74, 6) is 0. The predicted octanol–water partition coefficient (Wildman–Crippen LogP) is 11.2. The van der Waals surface area contributed by atoms with Crippen molar-refractivity contribution in [2.24, 2.45) is 0 Å². The molecule has 0 saturated heterocycles. The van der Waals surface area contributed by atoms with Gasteiger partial charge in [-0.25, -0.2) is 0 Å². The van der Waals surface area contributed by atoms with Crippen LogP contribution in [0.15, 0.2) is 144 Å². The molecule has 2 heterocycles. The third-order valence-electron chi connectivity index (χ3n) is 9.16. The topological polar surface area (TPSA) is 18.1 Å². The van der Waals surface area contributed by atoms with E-state index in [1.807, 2.05) is 6.07 Å². The van der Waals surface area contributed by atoms with Crippen molar-refractivity contribution < 1.29 is 4.42 Å². The van der Waals surface area contributed by atoms with E-state index < -0.39 is 0 Å². The number of furan rings is 1. The Morgan fingerprint density at radius 2 is 1.00 bits per heavy atom. The van der Waals surface area contributed by atoms with Gasteiger partial charge in [0.2, 0.25) is 0 Å². The van der Waals surface area contributed by atoms with Crippen molar-refractivity contribution in [3.63, 3.8) is 0 Å². The Morgan fingerprint density at radius 1 is 0.357 bits per heavy atom. The Morgan fingerprint density at radius 3 is 1.88 bits per heavy atom. The van der Waals surface area contributed by atoms with Crippen LogP contribution in [-0.2, 0) is 0 Å². The first-order valence-corrected chi connectivity index (χ1v) is 14.5. The first kappa shape index (κ1) is 22.1. The second-order valence-electron chi connectivity index (χ2n) is 11.2. The highest BCUT2D eigenvalue weighted by atomic mass is 16.3. The third kappa shape index (κ3) is 2.74. The molecule has 194 valence electrons. The van der Waals surface area contributed by atoms with E-state index in [0.29, 0.717) is 0 Å². The fraction of sp³-hybridized carbons (Fsp3) is 0. The van der Waals surface area contributed by atoms with Gasteiger partial charge < -0.3 is 8.98 Å². The van der Waals surface area contributed by atoms with Crippen LogP contribution in [0.4, 0.5) is 0 Å². The van der Waals surface area contributed by atoms with Crippen molar-refractivity contribution in [2.75, 3.05) is 0 Å². The summed E-state index contributed by atoms with van der Waals surface area (Å²) in [6.45, 7) is 0. The van der Waals surface area contributed by atoms with Crippen molar-refractivity contribution in [1.82, 2.24) is 4.57 Å². The average molecular weight is 534 g/mol. The van der Waals surface area contributed by atoms with Gasteiger partial charge in [0.05, 0.1) is 22.1 Å². The summed E-state index contributed by atoms with van der Waals surface area (Å²) in [6.07, 6.45) is 0. The Bertz CT molecular complexity index is 2550. The van der Waals surface area contributed by atoms with E-state index in [-0.39, 0.29) is 0 Å². The zero-order valence-electron chi connectivity index (χ0n) is 22.6. The molecule has 0 bridgehead atoms. The van der Waals surface area contributed by atoms with Gasteiger partial charge in [-0.1, -0.05) is 109 Å². The quantitative estimate of drug-likeness (QED) is 0.216. The lowest BCUT2D eigenvalue weighted by molar-refractivity contribution is 0.673. The molecule has 0 atom stereocenters. The van der Waals surface area contributed by atoms with E-state index in [1.165, 1.54) is 55.1 Å². The minimum atomic E-state index is 0.922. The number of hydrogen-bond donors (Lipinski definition) is 0. The summed E-state index contributed by atoms with van der Waals surface area (Å²) in [5, 5.41) is 7.29. The van der Waals surface area contributed by atoms with Gasteiger partial charge in [-0.15, -0.1) is 0 Å². The smallest absolute Gasteiger partial charge is 0.145 e. The van der Waals surface area contributed by atoms with Gasteiger partial charge in [0.15, 0.2) is 0 Å². The second-order valence-corrected chi connectivity index (χ2v) is 11.2. The van der Waals surface area contributed by atoms with Gasteiger partial charge in [-0.3, -0.25) is 0 Å². The Balaban J connectivity index is 1.30. The van der Waals surface area contributed by atoms with E-state index in [0.717, 1.165) is 38.5 Å². The Kier molecular flexibility index (Phi) is 4.21. The van der Waals surface area contributed by atoms with Crippen molar-refractivity contribution in [3.05, 3.63) is 140 Å². The third-order valence-corrected chi connectivity index (χ3v) is 9.16. The summed E-state index contributed by atoms with van der Waals surface area (Å²) in [6, 6.07) is 50.5. The van der Waals surface area contributed by atoms with Gasteiger partial charge in [0.25, 0.3) is 0 Å². The lowest BCUT2D eigenvalue weighted by Crippen LogP contribution is -1.97. The summed E-state index contributed by atoms with van der Waals surface area (Å²) in [7, 11) is 0. The molecule has 9 aromatic rings. The lowest BCUT2D eigenvalue weighted by Gasteiger charge is -2.16. The molecule has 0 N–H and O–H groups in total. The highest BCUT2D eigenvalue weighted by Crippen LogP contribution is 2.50. The summed E-state index contributed by atoms with van der Waals surface area (Å²) >= 11 is 0. The number of rotatable bonds is 2. The van der Waals surface area contributed by atoms with Crippen LogP contribution >= 0.6 is 0 Å². The Labute approximate surface area is 241 Å². The summed E-state index contributed by atoms with van der Waals surface area (Å²) in [5.41, 5.74) is 13.1. The normalized spacial score (nSPS) is 12.3. The van der Waals surface area contributed by atoms with Gasteiger partial charge in [-0.05, 0) is 68.9 Å². The van der Waals surface area contributed by atoms with Crippen molar-refractivity contribution in [1.29, 1.82) is 0 Å². The Hall–Kier alpha value is -5.60. The first-order valence-electron chi connectivity index (χ1n) is 14.5. The minimum absolute atomic E-state index is 0.922. The molecule has 0 spiro atoms. The monoisotopic (exact) mass is 533 g/mol. The highest BCUT2D eigenvalue weighted by molar-refractivity contribution is 6.24. The zero-order valence-corrected chi connectivity index (χ0v) is 22.6. The maximum absolute atomic E-state index is 6.55. The second kappa shape index (κ2) is 7.99. The van der Waals surface area contributed by atoms with Crippen LogP contribution in [-0.4, -0.2) is 4.57 Å². The molecular formula is C40H23NO. The number of aromatic nitrogens is 1. The minimum Gasteiger partial charge on any atom is -0.455 e. The number of fused-ring (bicyclic) bond motifs is 10. The van der Waals surface area contributed by atoms with Crippen LogP contribution in [0.1, 0.15) is 0 Å². The van der Waals surface area contributed by atoms with Crippen molar-refractivity contribution in [3.8, 4) is 39.1 Å². The number of benzene rings is 7. The van der Waals surface area contributed by atoms with Crippen LogP contribution in [0.25, 0.3) is 93.6 Å². The molecule has 2 aromatic heterocycles. The molecule has 1 aliphatic carbocycles. The molecule has 0 saturated carbocycles. The van der Waals surface area contributed by atoms with Crippen LogP contribution in [0, 0.1) is 0 Å². The molecule has 2 heteroatoms. The van der Waals surface area contributed by atoms with E-state index in [4.69, 9.17) is 4.42 Å². The summed E-state index contributed by atoms with van der Waals surface area (Å²) in [4.78, 5) is 0. The van der Waals surface area contributed by atoms with Crippen molar-refractivity contribution >= 4 is 54.5 Å². The molecule has 0 fully saturated rings. The van der Waals surface area contributed by atoms with Crippen LogP contribution in [0.2, 0.25) is 0 Å². The van der Waals surface area contributed by atoms with Gasteiger partial charge >= 0.3 is 0 Å².